The van der Waals surface area contributed by atoms with Crippen LogP contribution in [-0.4, -0.2) is 62.8 Å². The number of hydrogen-bond donors (Lipinski definition) is 0. The molecule has 0 N–H and O–H groups in total. The van der Waals surface area contributed by atoms with Crippen molar-refractivity contribution in [2.45, 2.75) is 0 Å². The predicted octanol–water partition coefficient (Wildman–Crippen LogP) is 1.65. The second-order valence-electron chi connectivity index (χ2n) is 12.2. The lowest BCUT2D eigenvalue weighted by Crippen LogP contribution is -2.50. The first-order valence-corrected chi connectivity index (χ1v) is 15.5. The van der Waals surface area contributed by atoms with Gasteiger partial charge in [-0.05, 0) is 82.5 Å². The summed E-state index contributed by atoms with van der Waals surface area (Å²) in [5.41, 5.74) is 7.04. The van der Waals surface area contributed by atoms with Crippen LogP contribution in [0.2, 0.25) is 0 Å². The fourth-order valence-electron chi connectivity index (χ4n) is 7.15. The third kappa shape index (κ3) is 4.49. The summed E-state index contributed by atoms with van der Waals surface area (Å²) in [6, 6.07) is 37.0. The van der Waals surface area contributed by atoms with Crippen molar-refractivity contribution in [1.82, 2.24) is 0 Å². The standard InChI is InChI=1S/C40H18B8/c41-33-29-27(22-15-12-20(13-16-22)24-17-14-19-6-1-2-8-23(19)18-24)30-32(36(44)40(48)38(46)34(30)42)28(31(29)35(43)39(47)37(33)45)26-11-5-9-21-7-3-4-10-25(21)26/h1-18H. The summed E-state index contributed by atoms with van der Waals surface area (Å²) in [7, 11) is 53.9. The molecule has 16 radical (unpaired) electrons. The van der Waals surface area contributed by atoms with Crippen molar-refractivity contribution in [3.8, 4) is 33.4 Å². The zero-order valence-corrected chi connectivity index (χ0v) is 26.0. The number of hydrogen-bond acceptors (Lipinski definition) is 0. The Hall–Kier alpha value is -4.68. The Morgan fingerprint density at radius 2 is 0.729 bits per heavy atom. The monoisotopic (exact) mass is 586 g/mol. The van der Waals surface area contributed by atoms with Crippen LogP contribution in [0.5, 0.6) is 0 Å². The van der Waals surface area contributed by atoms with Gasteiger partial charge in [-0.2, -0.15) is 0 Å². The average Bonchev–Trinajstić information content (AvgIpc) is 3.13. The summed E-state index contributed by atoms with van der Waals surface area (Å²) in [6.07, 6.45) is 0. The Kier molecular flexibility index (Phi) is 7.33. The highest BCUT2D eigenvalue weighted by molar-refractivity contribution is 6.71. The number of rotatable bonds is 3. The molecule has 202 valence electrons. The van der Waals surface area contributed by atoms with Gasteiger partial charge in [0.2, 0.25) is 0 Å². The van der Waals surface area contributed by atoms with Crippen LogP contribution in [0.15, 0.2) is 109 Å². The molecule has 8 heteroatoms. The highest BCUT2D eigenvalue weighted by atomic mass is 14.3. The van der Waals surface area contributed by atoms with Gasteiger partial charge in [-0.25, -0.2) is 0 Å². The molecule has 0 fully saturated rings. The highest BCUT2D eigenvalue weighted by Crippen LogP contribution is 2.43. The van der Waals surface area contributed by atoms with Crippen molar-refractivity contribution in [3.63, 3.8) is 0 Å². The molecule has 0 aliphatic rings. The van der Waals surface area contributed by atoms with E-state index in [1.165, 1.54) is 5.39 Å². The SMILES string of the molecule is [B]c1c([B])c([B])c2c(-c3cccc4ccccc34)c3c([B])c([B])c([B])c([B])c3c(-c3ccc(-c4ccc5ccccc5c4)cc3)c2c1[B]. The van der Waals surface area contributed by atoms with Crippen molar-refractivity contribution in [1.29, 1.82) is 0 Å². The Labute approximate surface area is 291 Å². The smallest absolute Gasteiger partial charge is 0.110 e. The maximum atomic E-state index is 6.92. The van der Waals surface area contributed by atoms with E-state index in [9.17, 15) is 0 Å². The maximum absolute atomic E-state index is 6.92. The van der Waals surface area contributed by atoms with E-state index in [1.54, 1.807) is 0 Å². The van der Waals surface area contributed by atoms with Crippen LogP contribution in [0, 0.1) is 0 Å². The summed E-state index contributed by atoms with van der Waals surface area (Å²) < 4.78 is 0. The quantitative estimate of drug-likeness (QED) is 0.219. The molecule has 48 heavy (non-hydrogen) atoms. The van der Waals surface area contributed by atoms with Crippen LogP contribution in [0.3, 0.4) is 0 Å². The molecule has 8 aromatic carbocycles. The first-order chi connectivity index (χ1) is 23.2. The van der Waals surface area contributed by atoms with Gasteiger partial charge in [-0.3, -0.25) is 0 Å². The van der Waals surface area contributed by atoms with E-state index in [1.807, 2.05) is 66.7 Å². The number of benzene rings is 8. The van der Waals surface area contributed by atoms with Gasteiger partial charge in [-0.1, -0.05) is 125 Å². The third-order valence-electron chi connectivity index (χ3n) is 9.63. The maximum Gasteiger partial charge on any atom is 0.113 e. The third-order valence-corrected chi connectivity index (χ3v) is 9.63. The fraction of sp³-hybridized carbons (Fsp3) is 0. The van der Waals surface area contributed by atoms with Gasteiger partial charge in [-0.15, -0.1) is 21.9 Å². The number of fused-ring (bicyclic) bond motifs is 4. The minimum atomic E-state index is 0.187. The average molecular weight is 585 g/mol. The molecule has 0 atom stereocenters. The van der Waals surface area contributed by atoms with Gasteiger partial charge in [0, 0.05) is 0 Å². The van der Waals surface area contributed by atoms with Crippen LogP contribution >= 0.6 is 0 Å². The molecule has 0 amide bonds. The van der Waals surface area contributed by atoms with Crippen molar-refractivity contribution in [3.05, 3.63) is 109 Å². The molecule has 8 aromatic rings. The van der Waals surface area contributed by atoms with E-state index in [0.717, 1.165) is 38.4 Å². The van der Waals surface area contributed by atoms with Crippen molar-refractivity contribution in [2.24, 2.45) is 0 Å². The van der Waals surface area contributed by atoms with E-state index < -0.39 is 0 Å². The summed E-state index contributed by atoms with van der Waals surface area (Å²) in [5.74, 6) is 0. The highest BCUT2D eigenvalue weighted by Gasteiger charge is 2.25. The zero-order valence-electron chi connectivity index (χ0n) is 26.0. The van der Waals surface area contributed by atoms with E-state index >= 15 is 0 Å². The largest absolute Gasteiger partial charge is 0.113 e. The van der Waals surface area contributed by atoms with Crippen molar-refractivity contribution < 1.29 is 0 Å². The molecule has 0 heterocycles. The van der Waals surface area contributed by atoms with E-state index in [-0.39, 0.29) is 43.7 Å². The van der Waals surface area contributed by atoms with Gasteiger partial charge in [0.1, 0.15) is 62.8 Å². The molecule has 0 aliphatic carbocycles. The molecule has 0 aromatic heterocycles. The topological polar surface area (TPSA) is 0 Å². The van der Waals surface area contributed by atoms with Gasteiger partial charge < -0.3 is 0 Å². The Balaban J connectivity index is 1.54. The predicted molar refractivity (Wildman–Crippen MR) is 216 cm³/mol. The lowest BCUT2D eigenvalue weighted by molar-refractivity contribution is 1.64. The molecule has 0 spiro atoms. The lowest BCUT2D eigenvalue weighted by atomic mass is 9.59. The molecule has 0 unspecified atom stereocenters. The van der Waals surface area contributed by atoms with Gasteiger partial charge in [0.05, 0.1) is 0 Å². The molecule has 0 aliphatic heterocycles. The van der Waals surface area contributed by atoms with Crippen molar-refractivity contribution in [2.75, 3.05) is 0 Å². The molecule has 0 nitrogen and oxygen atoms in total. The fourth-order valence-corrected chi connectivity index (χ4v) is 7.15. The molecule has 0 saturated heterocycles. The first kappa shape index (κ1) is 30.6. The lowest BCUT2D eigenvalue weighted by Gasteiger charge is -2.29. The van der Waals surface area contributed by atoms with Crippen LogP contribution in [0.25, 0.3) is 76.5 Å². The van der Waals surface area contributed by atoms with Crippen molar-refractivity contribution >= 4 is 150 Å². The first-order valence-electron chi connectivity index (χ1n) is 15.5. The Morgan fingerprint density at radius 1 is 0.292 bits per heavy atom. The van der Waals surface area contributed by atoms with Crippen LogP contribution in [0.1, 0.15) is 0 Å². The van der Waals surface area contributed by atoms with Crippen LogP contribution in [0.4, 0.5) is 0 Å². The molecule has 8 rings (SSSR count). The summed E-state index contributed by atoms with van der Waals surface area (Å²) in [6.45, 7) is 0. The Morgan fingerprint density at radius 3 is 1.31 bits per heavy atom. The normalized spacial score (nSPS) is 11.6. The minimum absolute atomic E-state index is 0.187. The molecular formula is C40H18B8. The molecular weight excluding hydrogens is 567 g/mol. The van der Waals surface area contributed by atoms with E-state index in [2.05, 4.69) is 42.5 Å². The van der Waals surface area contributed by atoms with Crippen LogP contribution in [-0.2, 0) is 0 Å². The van der Waals surface area contributed by atoms with Gasteiger partial charge in [0.15, 0.2) is 0 Å². The summed E-state index contributed by atoms with van der Waals surface area (Å²) in [4.78, 5) is 0. The second-order valence-corrected chi connectivity index (χ2v) is 12.2. The minimum Gasteiger partial charge on any atom is -0.110 e. The summed E-state index contributed by atoms with van der Waals surface area (Å²) >= 11 is 0. The Bertz CT molecular complexity index is 2560. The summed E-state index contributed by atoms with van der Waals surface area (Å²) in [5, 5.41) is 6.74. The zero-order chi connectivity index (χ0) is 33.4. The van der Waals surface area contributed by atoms with Crippen LogP contribution < -0.4 is 43.7 Å². The van der Waals surface area contributed by atoms with E-state index in [4.69, 9.17) is 62.8 Å². The van der Waals surface area contributed by atoms with E-state index in [0.29, 0.717) is 32.7 Å². The second kappa shape index (κ2) is 11.5. The molecule has 0 saturated carbocycles. The van der Waals surface area contributed by atoms with Gasteiger partial charge in [0.25, 0.3) is 0 Å². The molecule has 0 bridgehead atoms. The van der Waals surface area contributed by atoms with Gasteiger partial charge >= 0.3 is 0 Å².